The first kappa shape index (κ1) is 13.3. The lowest BCUT2D eigenvalue weighted by atomic mass is 10.1. The molecule has 0 radical (unpaired) electrons. The molecule has 1 aromatic carbocycles. The lowest BCUT2D eigenvalue weighted by Crippen LogP contribution is -2.05. The molecule has 0 fully saturated rings. The smallest absolute Gasteiger partial charge is 0.160 e. The molecule has 0 atom stereocenters. The van der Waals surface area contributed by atoms with E-state index in [0.717, 1.165) is 4.90 Å². The molecule has 0 aliphatic carbocycles. The first-order valence-electron chi connectivity index (χ1n) is 4.80. The van der Waals surface area contributed by atoms with Gasteiger partial charge in [0.05, 0.1) is 5.75 Å². The fourth-order valence-electron chi connectivity index (χ4n) is 1.19. The Morgan fingerprint density at radius 3 is 2.50 bits per heavy atom. The molecular formula is C11H14O3S2. The number of benzene rings is 1. The quantitative estimate of drug-likeness (QED) is 0.599. The molecule has 88 valence electrons. The highest BCUT2D eigenvalue weighted by atomic mass is 32.2. The van der Waals surface area contributed by atoms with Gasteiger partial charge in [0.15, 0.2) is 5.78 Å². The van der Waals surface area contributed by atoms with Crippen molar-refractivity contribution >= 4 is 27.4 Å². The van der Waals surface area contributed by atoms with Gasteiger partial charge in [-0.2, -0.15) is 0 Å². The third-order valence-electron chi connectivity index (χ3n) is 1.98. The molecule has 0 aromatic heterocycles. The maximum absolute atomic E-state index is 11.3. The number of rotatable bonds is 5. The molecule has 0 N–H and O–H groups in total. The van der Waals surface area contributed by atoms with Crippen molar-refractivity contribution in [2.45, 2.75) is 11.8 Å². The first-order chi connectivity index (χ1) is 7.40. The van der Waals surface area contributed by atoms with Gasteiger partial charge >= 0.3 is 0 Å². The molecule has 0 unspecified atom stereocenters. The highest BCUT2D eigenvalue weighted by Crippen LogP contribution is 2.22. The maximum Gasteiger partial charge on any atom is 0.160 e. The summed E-state index contributed by atoms with van der Waals surface area (Å²) < 4.78 is 21.9. The Morgan fingerprint density at radius 2 is 1.94 bits per heavy atom. The number of ketones is 1. The van der Waals surface area contributed by atoms with Gasteiger partial charge in [0, 0.05) is 22.5 Å². The minimum absolute atomic E-state index is 0.00227. The Kier molecular flexibility index (Phi) is 4.56. The fraction of sp³-hybridized carbons (Fsp3) is 0.364. The Bertz CT molecular complexity index is 478. The number of thioether (sulfide) groups is 1. The van der Waals surface area contributed by atoms with Crippen LogP contribution in [0.15, 0.2) is 29.2 Å². The molecule has 0 aliphatic rings. The summed E-state index contributed by atoms with van der Waals surface area (Å²) in [5.41, 5.74) is 0.654. The zero-order chi connectivity index (χ0) is 12.2. The Balaban J connectivity index is 2.71. The van der Waals surface area contributed by atoms with Crippen LogP contribution in [0.5, 0.6) is 0 Å². The summed E-state index contributed by atoms with van der Waals surface area (Å²) in [6, 6.07) is 7.24. The molecule has 0 saturated carbocycles. The molecule has 0 aliphatic heterocycles. The minimum Gasteiger partial charge on any atom is -0.294 e. The number of sulfone groups is 1. The third kappa shape index (κ3) is 4.37. The SMILES string of the molecule is CC(=O)c1ccccc1SCCS(C)(=O)=O. The van der Waals surface area contributed by atoms with E-state index in [2.05, 4.69) is 0 Å². The van der Waals surface area contributed by atoms with Crippen LogP contribution in [0, 0.1) is 0 Å². The van der Waals surface area contributed by atoms with Gasteiger partial charge in [-0.3, -0.25) is 4.79 Å². The van der Waals surface area contributed by atoms with Crippen LogP contribution in [0.1, 0.15) is 17.3 Å². The molecule has 1 rings (SSSR count). The van der Waals surface area contributed by atoms with E-state index in [1.807, 2.05) is 12.1 Å². The lowest BCUT2D eigenvalue weighted by molar-refractivity contribution is 0.101. The second kappa shape index (κ2) is 5.50. The molecule has 1 aromatic rings. The van der Waals surface area contributed by atoms with Gasteiger partial charge in [0.1, 0.15) is 9.84 Å². The van der Waals surface area contributed by atoms with Crippen molar-refractivity contribution in [1.29, 1.82) is 0 Å². The van der Waals surface area contributed by atoms with E-state index in [-0.39, 0.29) is 11.5 Å². The molecule has 0 spiro atoms. The molecule has 16 heavy (non-hydrogen) atoms. The van der Waals surface area contributed by atoms with Crippen LogP contribution in [0.2, 0.25) is 0 Å². The van der Waals surface area contributed by atoms with Crippen molar-refractivity contribution in [2.24, 2.45) is 0 Å². The van der Waals surface area contributed by atoms with E-state index in [4.69, 9.17) is 0 Å². The van der Waals surface area contributed by atoms with Gasteiger partial charge in [-0.25, -0.2) is 8.42 Å². The summed E-state index contributed by atoms with van der Waals surface area (Å²) in [5, 5.41) is 0. The standard InChI is InChI=1S/C11H14O3S2/c1-9(12)10-5-3-4-6-11(10)15-7-8-16(2,13)14/h3-6H,7-8H2,1-2H3. The highest BCUT2D eigenvalue weighted by Gasteiger charge is 2.08. The van der Waals surface area contributed by atoms with E-state index in [0.29, 0.717) is 11.3 Å². The second-order valence-electron chi connectivity index (χ2n) is 3.53. The average Bonchev–Trinajstić information content (AvgIpc) is 2.16. The Morgan fingerprint density at radius 1 is 1.31 bits per heavy atom. The van der Waals surface area contributed by atoms with Crippen LogP contribution >= 0.6 is 11.8 Å². The summed E-state index contributed by atoms with van der Waals surface area (Å²) in [7, 11) is -2.93. The number of hydrogen-bond acceptors (Lipinski definition) is 4. The van der Waals surface area contributed by atoms with Crippen LogP contribution in [-0.2, 0) is 9.84 Å². The van der Waals surface area contributed by atoms with E-state index in [9.17, 15) is 13.2 Å². The van der Waals surface area contributed by atoms with Gasteiger partial charge in [0.25, 0.3) is 0 Å². The van der Waals surface area contributed by atoms with Crippen molar-refractivity contribution < 1.29 is 13.2 Å². The largest absolute Gasteiger partial charge is 0.294 e. The Labute approximate surface area is 100 Å². The van der Waals surface area contributed by atoms with E-state index in [1.54, 1.807) is 12.1 Å². The zero-order valence-electron chi connectivity index (χ0n) is 9.26. The van der Waals surface area contributed by atoms with Gasteiger partial charge in [-0.1, -0.05) is 18.2 Å². The van der Waals surface area contributed by atoms with Crippen LogP contribution in [0.25, 0.3) is 0 Å². The van der Waals surface area contributed by atoms with E-state index in [1.165, 1.54) is 24.9 Å². The monoisotopic (exact) mass is 258 g/mol. The van der Waals surface area contributed by atoms with Crippen molar-refractivity contribution in [3.63, 3.8) is 0 Å². The molecule has 0 amide bonds. The molecule has 5 heteroatoms. The van der Waals surface area contributed by atoms with Gasteiger partial charge < -0.3 is 0 Å². The average molecular weight is 258 g/mol. The van der Waals surface area contributed by atoms with Crippen molar-refractivity contribution in [2.75, 3.05) is 17.8 Å². The van der Waals surface area contributed by atoms with E-state index >= 15 is 0 Å². The normalized spacial score (nSPS) is 11.4. The second-order valence-corrected chi connectivity index (χ2v) is 6.93. The first-order valence-corrected chi connectivity index (χ1v) is 7.85. The number of carbonyl (C=O) groups excluding carboxylic acids is 1. The molecular weight excluding hydrogens is 244 g/mol. The summed E-state index contributed by atoms with van der Waals surface area (Å²) in [5.74, 6) is 0.606. The predicted octanol–water partition coefficient (Wildman–Crippen LogP) is 2.03. The number of carbonyl (C=O) groups is 1. The highest BCUT2D eigenvalue weighted by molar-refractivity contribution is 8.00. The lowest BCUT2D eigenvalue weighted by Gasteiger charge is -2.05. The van der Waals surface area contributed by atoms with E-state index < -0.39 is 9.84 Å². The van der Waals surface area contributed by atoms with Crippen LogP contribution < -0.4 is 0 Å². The maximum atomic E-state index is 11.3. The van der Waals surface area contributed by atoms with Crippen molar-refractivity contribution in [3.8, 4) is 0 Å². The van der Waals surface area contributed by atoms with Crippen LogP contribution in [-0.4, -0.2) is 32.0 Å². The van der Waals surface area contributed by atoms with Crippen LogP contribution in [0.3, 0.4) is 0 Å². The third-order valence-corrected chi connectivity index (χ3v) is 4.26. The van der Waals surface area contributed by atoms with Gasteiger partial charge in [-0.15, -0.1) is 11.8 Å². The van der Waals surface area contributed by atoms with Crippen molar-refractivity contribution in [3.05, 3.63) is 29.8 Å². The summed E-state index contributed by atoms with van der Waals surface area (Å²) in [6.45, 7) is 1.51. The topological polar surface area (TPSA) is 51.2 Å². The zero-order valence-corrected chi connectivity index (χ0v) is 10.9. The predicted molar refractivity (Wildman–Crippen MR) is 66.9 cm³/mol. The van der Waals surface area contributed by atoms with Crippen molar-refractivity contribution in [1.82, 2.24) is 0 Å². The molecule has 0 bridgehead atoms. The molecule has 3 nitrogen and oxygen atoms in total. The van der Waals surface area contributed by atoms with Crippen LogP contribution in [0.4, 0.5) is 0 Å². The fourth-order valence-corrected chi connectivity index (χ4v) is 3.49. The molecule has 0 saturated heterocycles. The Hall–Kier alpha value is -0.810. The summed E-state index contributed by atoms with van der Waals surface area (Å²) in [4.78, 5) is 12.1. The van der Waals surface area contributed by atoms with Gasteiger partial charge in [0.2, 0.25) is 0 Å². The number of Topliss-reactive ketones (excluding diaryl/α,β-unsaturated/α-hetero) is 1. The summed E-state index contributed by atoms with van der Waals surface area (Å²) >= 11 is 1.40. The van der Waals surface area contributed by atoms with Gasteiger partial charge in [-0.05, 0) is 13.0 Å². The minimum atomic E-state index is -2.93. The molecule has 0 heterocycles. The summed E-state index contributed by atoms with van der Waals surface area (Å²) in [6.07, 6.45) is 1.21. The number of hydrogen-bond donors (Lipinski definition) is 0.